The van der Waals surface area contributed by atoms with Gasteiger partial charge in [-0.1, -0.05) is 51.8 Å². The van der Waals surface area contributed by atoms with Gasteiger partial charge in [-0.2, -0.15) is 5.10 Å². The third-order valence-electron chi connectivity index (χ3n) is 4.19. The van der Waals surface area contributed by atoms with Gasteiger partial charge in [0.15, 0.2) is 0 Å². The van der Waals surface area contributed by atoms with Crippen LogP contribution < -0.4 is 15.5 Å². The molecule has 0 aromatic heterocycles. The molecule has 0 radical (unpaired) electrons. The van der Waals surface area contributed by atoms with E-state index in [2.05, 4.69) is 31.8 Å². The Hall–Kier alpha value is -3.49. The topological polar surface area (TPSA) is 96.9 Å². The second-order valence-electron chi connectivity index (χ2n) is 6.55. The molecule has 9 heteroatoms. The number of esters is 1. The smallest absolute Gasteiger partial charge is 0.343 e. The molecule has 0 fully saturated rings. The zero-order chi connectivity index (χ0) is 23.1. The summed E-state index contributed by atoms with van der Waals surface area (Å²) >= 11 is 9.35. The second kappa shape index (κ2) is 10.7. The summed E-state index contributed by atoms with van der Waals surface area (Å²) in [5.41, 5.74) is 4.16. The highest BCUT2D eigenvalue weighted by atomic mass is 79.9. The van der Waals surface area contributed by atoms with E-state index in [1.54, 1.807) is 66.7 Å². The Balaban J connectivity index is 1.65. The SMILES string of the molecule is Cc1ccc(NC(=O)C(=O)N/N=C/c2cc(Br)ccc2OC(=O)c2ccccc2)cc1Cl. The van der Waals surface area contributed by atoms with Gasteiger partial charge < -0.3 is 10.1 Å². The fourth-order valence-corrected chi connectivity index (χ4v) is 3.08. The van der Waals surface area contributed by atoms with Crippen LogP contribution in [0.5, 0.6) is 5.75 Å². The number of anilines is 1. The first-order valence-corrected chi connectivity index (χ1v) is 10.5. The Morgan fingerprint density at radius 3 is 2.47 bits per heavy atom. The first-order valence-electron chi connectivity index (χ1n) is 9.31. The molecule has 162 valence electrons. The zero-order valence-electron chi connectivity index (χ0n) is 16.8. The number of halogens is 2. The van der Waals surface area contributed by atoms with Gasteiger partial charge in [0, 0.05) is 20.7 Å². The molecular formula is C23H17BrClN3O4. The Bertz CT molecular complexity index is 1200. The molecule has 0 saturated heterocycles. The van der Waals surface area contributed by atoms with Gasteiger partial charge in [-0.15, -0.1) is 0 Å². The van der Waals surface area contributed by atoms with E-state index in [1.807, 2.05) is 6.92 Å². The number of nitrogens with zero attached hydrogens (tertiary/aromatic N) is 1. The summed E-state index contributed by atoms with van der Waals surface area (Å²) in [6.45, 7) is 1.82. The van der Waals surface area contributed by atoms with Crippen LogP contribution in [0.15, 0.2) is 76.3 Å². The Kier molecular flexibility index (Phi) is 7.75. The Morgan fingerprint density at radius 1 is 1.00 bits per heavy atom. The minimum absolute atomic E-state index is 0.235. The molecule has 0 spiro atoms. The highest BCUT2D eigenvalue weighted by molar-refractivity contribution is 9.10. The zero-order valence-corrected chi connectivity index (χ0v) is 19.1. The van der Waals surface area contributed by atoms with E-state index in [-0.39, 0.29) is 5.75 Å². The highest BCUT2D eigenvalue weighted by Crippen LogP contribution is 2.23. The number of carbonyl (C=O) groups is 3. The van der Waals surface area contributed by atoms with Crippen molar-refractivity contribution in [3.63, 3.8) is 0 Å². The van der Waals surface area contributed by atoms with E-state index < -0.39 is 17.8 Å². The summed E-state index contributed by atoms with van der Waals surface area (Å²) in [7, 11) is 0. The van der Waals surface area contributed by atoms with Crippen molar-refractivity contribution >= 4 is 57.2 Å². The quantitative estimate of drug-likeness (QED) is 0.169. The molecular weight excluding hydrogens is 498 g/mol. The van der Waals surface area contributed by atoms with Gasteiger partial charge in [0.1, 0.15) is 5.75 Å². The van der Waals surface area contributed by atoms with Gasteiger partial charge in [-0.3, -0.25) is 9.59 Å². The molecule has 32 heavy (non-hydrogen) atoms. The molecule has 0 aliphatic heterocycles. The van der Waals surface area contributed by atoms with Crippen LogP contribution in [0.25, 0.3) is 0 Å². The fourth-order valence-electron chi connectivity index (χ4n) is 2.52. The maximum Gasteiger partial charge on any atom is 0.343 e. The molecule has 7 nitrogen and oxygen atoms in total. The average molecular weight is 515 g/mol. The van der Waals surface area contributed by atoms with Gasteiger partial charge in [-0.25, -0.2) is 10.2 Å². The van der Waals surface area contributed by atoms with Crippen LogP contribution in [0.4, 0.5) is 5.69 Å². The maximum absolute atomic E-state index is 12.3. The van der Waals surface area contributed by atoms with E-state index in [4.69, 9.17) is 16.3 Å². The second-order valence-corrected chi connectivity index (χ2v) is 7.88. The summed E-state index contributed by atoms with van der Waals surface area (Å²) in [5, 5.41) is 6.70. The lowest BCUT2D eigenvalue weighted by molar-refractivity contribution is -0.136. The standard InChI is InChI=1S/C23H17BrClN3O4/c1-14-7-9-18(12-19(14)25)27-21(29)22(30)28-26-13-16-11-17(24)8-10-20(16)32-23(31)15-5-3-2-4-6-15/h2-13H,1H3,(H,27,29)(H,28,30)/b26-13+. The number of amides is 2. The minimum atomic E-state index is -0.976. The van der Waals surface area contributed by atoms with E-state index in [0.29, 0.717) is 26.3 Å². The van der Waals surface area contributed by atoms with Crippen molar-refractivity contribution in [3.8, 4) is 5.75 Å². The Morgan fingerprint density at radius 2 is 1.75 bits per heavy atom. The van der Waals surface area contributed by atoms with E-state index in [9.17, 15) is 14.4 Å². The molecule has 0 aliphatic rings. The van der Waals surface area contributed by atoms with Crippen molar-refractivity contribution in [3.05, 3.63) is 92.9 Å². The molecule has 3 aromatic carbocycles. The number of nitrogens with one attached hydrogen (secondary N) is 2. The first kappa shape index (κ1) is 23.2. The third kappa shape index (κ3) is 6.26. The van der Waals surface area contributed by atoms with E-state index in [0.717, 1.165) is 5.56 Å². The lowest BCUT2D eigenvalue weighted by Gasteiger charge is -2.08. The normalized spacial score (nSPS) is 10.6. The summed E-state index contributed by atoms with van der Waals surface area (Å²) in [5.74, 6) is -2.19. The maximum atomic E-state index is 12.3. The summed E-state index contributed by atoms with van der Waals surface area (Å²) in [6, 6.07) is 18.3. The van der Waals surface area contributed by atoms with Crippen LogP contribution in [-0.4, -0.2) is 24.0 Å². The number of aryl methyl sites for hydroxylation is 1. The molecule has 0 heterocycles. The number of hydrogen-bond donors (Lipinski definition) is 2. The molecule has 3 aromatic rings. The summed E-state index contributed by atoms with van der Waals surface area (Å²) in [4.78, 5) is 36.4. The van der Waals surface area contributed by atoms with Gasteiger partial charge in [0.25, 0.3) is 0 Å². The number of ether oxygens (including phenoxy) is 1. The van der Waals surface area contributed by atoms with Crippen molar-refractivity contribution in [2.75, 3.05) is 5.32 Å². The fraction of sp³-hybridized carbons (Fsp3) is 0.0435. The highest BCUT2D eigenvalue weighted by Gasteiger charge is 2.14. The van der Waals surface area contributed by atoms with Crippen LogP contribution in [-0.2, 0) is 9.59 Å². The van der Waals surface area contributed by atoms with Crippen molar-refractivity contribution in [2.45, 2.75) is 6.92 Å². The number of hydrazone groups is 1. The van der Waals surface area contributed by atoms with Crippen molar-refractivity contribution in [1.29, 1.82) is 0 Å². The lowest BCUT2D eigenvalue weighted by atomic mass is 10.2. The van der Waals surface area contributed by atoms with Gasteiger partial charge in [0.05, 0.1) is 11.8 Å². The van der Waals surface area contributed by atoms with Crippen LogP contribution in [0.2, 0.25) is 5.02 Å². The van der Waals surface area contributed by atoms with Gasteiger partial charge >= 0.3 is 17.8 Å². The summed E-state index contributed by atoms with van der Waals surface area (Å²) in [6.07, 6.45) is 1.27. The van der Waals surface area contributed by atoms with Crippen LogP contribution >= 0.6 is 27.5 Å². The van der Waals surface area contributed by atoms with E-state index >= 15 is 0 Å². The van der Waals surface area contributed by atoms with E-state index in [1.165, 1.54) is 6.21 Å². The first-order chi connectivity index (χ1) is 15.3. The number of benzene rings is 3. The Labute approximate surface area is 197 Å². The number of rotatable bonds is 5. The molecule has 0 unspecified atom stereocenters. The van der Waals surface area contributed by atoms with Crippen molar-refractivity contribution in [1.82, 2.24) is 5.43 Å². The average Bonchev–Trinajstić information content (AvgIpc) is 2.78. The lowest BCUT2D eigenvalue weighted by Crippen LogP contribution is -2.32. The molecule has 0 saturated carbocycles. The predicted molar refractivity (Wildman–Crippen MR) is 126 cm³/mol. The van der Waals surface area contributed by atoms with Crippen molar-refractivity contribution < 1.29 is 19.1 Å². The molecule has 0 bridgehead atoms. The summed E-state index contributed by atoms with van der Waals surface area (Å²) < 4.78 is 6.14. The van der Waals surface area contributed by atoms with Gasteiger partial charge in [0.2, 0.25) is 0 Å². The van der Waals surface area contributed by atoms with Crippen molar-refractivity contribution in [2.24, 2.45) is 5.10 Å². The molecule has 3 rings (SSSR count). The number of carbonyl (C=O) groups excluding carboxylic acids is 3. The molecule has 2 N–H and O–H groups in total. The monoisotopic (exact) mass is 513 g/mol. The molecule has 2 amide bonds. The minimum Gasteiger partial charge on any atom is -0.422 e. The predicted octanol–water partition coefficient (Wildman–Crippen LogP) is 4.72. The van der Waals surface area contributed by atoms with Gasteiger partial charge in [-0.05, 0) is 55.0 Å². The molecule has 0 aliphatic carbocycles. The largest absolute Gasteiger partial charge is 0.422 e. The number of hydrogen-bond acceptors (Lipinski definition) is 5. The van der Waals surface area contributed by atoms with Crippen LogP contribution in [0.3, 0.4) is 0 Å². The third-order valence-corrected chi connectivity index (χ3v) is 5.09. The molecule has 0 atom stereocenters. The van der Waals surface area contributed by atoms with Crippen LogP contribution in [0.1, 0.15) is 21.5 Å². The van der Waals surface area contributed by atoms with Crippen LogP contribution in [0, 0.1) is 6.92 Å².